The Morgan fingerprint density at radius 2 is 2.00 bits per heavy atom. The van der Waals surface area contributed by atoms with E-state index in [0.717, 1.165) is 35.7 Å². The Kier molecular flexibility index (Phi) is 3.57. The summed E-state index contributed by atoms with van der Waals surface area (Å²) >= 11 is 5.83. The summed E-state index contributed by atoms with van der Waals surface area (Å²) in [5.74, 6) is 0. The van der Waals surface area contributed by atoms with E-state index in [2.05, 4.69) is 17.2 Å². The van der Waals surface area contributed by atoms with E-state index in [-0.39, 0.29) is 0 Å². The van der Waals surface area contributed by atoms with Crippen molar-refractivity contribution in [3.63, 3.8) is 0 Å². The summed E-state index contributed by atoms with van der Waals surface area (Å²) in [7, 11) is 0. The zero-order chi connectivity index (χ0) is 11.4. The van der Waals surface area contributed by atoms with Crippen molar-refractivity contribution in [3.8, 4) is 11.3 Å². The van der Waals surface area contributed by atoms with Crippen LogP contribution >= 0.6 is 11.6 Å². The summed E-state index contributed by atoms with van der Waals surface area (Å²) in [6.45, 7) is 3.09. The fraction of sp³-hybridized carbons (Fsp3) is 0.333. The first kappa shape index (κ1) is 11.1. The van der Waals surface area contributed by atoms with Crippen molar-refractivity contribution in [2.24, 2.45) is 0 Å². The smallest absolute Gasteiger partial charge is 0.113 e. The van der Waals surface area contributed by atoms with Crippen LogP contribution in [0.2, 0.25) is 5.02 Å². The number of rotatable bonds is 4. The zero-order valence-electron chi connectivity index (χ0n) is 9.23. The number of benzene rings is 1. The summed E-state index contributed by atoms with van der Waals surface area (Å²) in [5.41, 5.74) is 1.94. The third-order valence-corrected chi connectivity index (χ3v) is 2.67. The highest BCUT2D eigenvalue weighted by atomic mass is 35.5. The average molecular weight is 236 g/mol. The topological polar surface area (TPSA) is 30.7 Å². The first-order valence-electron chi connectivity index (χ1n) is 5.45. The van der Waals surface area contributed by atoms with E-state index in [1.165, 1.54) is 0 Å². The lowest BCUT2D eigenvalue weighted by Crippen LogP contribution is -1.97. The molecule has 1 aromatic heterocycles. The van der Waals surface area contributed by atoms with Crippen molar-refractivity contribution < 1.29 is 0 Å². The maximum atomic E-state index is 5.83. The Morgan fingerprint density at radius 3 is 2.69 bits per heavy atom. The van der Waals surface area contributed by atoms with Crippen LogP contribution in [0.15, 0.2) is 30.5 Å². The van der Waals surface area contributed by atoms with E-state index >= 15 is 0 Å². The van der Waals surface area contributed by atoms with Crippen LogP contribution < -0.4 is 0 Å². The Balaban J connectivity index is 2.15. The van der Waals surface area contributed by atoms with Gasteiger partial charge in [0.2, 0.25) is 0 Å². The van der Waals surface area contributed by atoms with Crippen molar-refractivity contribution in [3.05, 3.63) is 35.5 Å². The summed E-state index contributed by atoms with van der Waals surface area (Å²) < 4.78 is 1.88. The van der Waals surface area contributed by atoms with Crippen molar-refractivity contribution in [1.29, 1.82) is 0 Å². The van der Waals surface area contributed by atoms with Gasteiger partial charge in [0, 0.05) is 17.1 Å². The van der Waals surface area contributed by atoms with E-state index in [9.17, 15) is 0 Å². The van der Waals surface area contributed by atoms with Gasteiger partial charge in [-0.2, -0.15) is 0 Å². The molecule has 1 heterocycles. The van der Waals surface area contributed by atoms with Crippen LogP contribution in [0.25, 0.3) is 11.3 Å². The molecule has 0 radical (unpaired) electrons. The Morgan fingerprint density at radius 1 is 1.25 bits per heavy atom. The molecule has 16 heavy (non-hydrogen) atoms. The molecular weight excluding hydrogens is 222 g/mol. The van der Waals surface area contributed by atoms with Crippen LogP contribution in [-0.4, -0.2) is 15.0 Å². The third-order valence-electron chi connectivity index (χ3n) is 2.42. The second-order valence-corrected chi connectivity index (χ2v) is 4.16. The van der Waals surface area contributed by atoms with Crippen LogP contribution in [0.5, 0.6) is 0 Å². The molecule has 0 N–H and O–H groups in total. The van der Waals surface area contributed by atoms with Gasteiger partial charge in [0.15, 0.2) is 0 Å². The molecule has 3 nitrogen and oxygen atoms in total. The van der Waals surface area contributed by atoms with E-state index < -0.39 is 0 Å². The third kappa shape index (κ3) is 2.61. The number of aryl methyl sites for hydroxylation is 1. The number of hydrogen-bond acceptors (Lipinski definition) is 2. The van der Waals surface area contributed by atoms with Crippen LogP contribution in [0.1, 0.15) is 19.8 Å². The molecule has 1 aromatic carbocycles. The molecule has 0 saturated carbocycles. The van der Waals surface area contributed by atoms with Gasteiger partial charge in [-0.25, -0.2) is 0 Å². The van der Waals surface area contributed by atoms with E-state index in [4.69, 9.17) is 11.6 Å². The van der Waals surface area contributed by atoms with Gasteiger partial charge in [-0.1, -0.05) is 42.3 Å². The van der Waals surface area contributed by atoms with Gasteiger partial charge in [0.05, 0.1) is 6.20 Å². The molecule has 0 atom stereocenters. The Bertz CT molecular complexity index is 448. The minimum atomic E-state index is 0.738. The molecule has 0 amide bonds. The molecule has 0 aliphatic carbocycles. The fourth-order valence-electron chi connectivity index (χ4n) is 1.48. The monoisotopic (exact) mass is 235 g/mol. The molecule has 0 fully saturated rings. The highest BCUT2D eigenvalue weighted by molar-refractivity contribution is 6.30. The molecular formula is C12H14ClN3. The Labute approximate surface area is 100 Å². The SMILES string of the molecule is CCCCn1cc(-c2ccc(Cl)cc2)nn1. The van der Waals surface area contributed by atoms with Gasteiger partial charge >= 0.3 is 0 Å². The maximum absolute atomic E-state index is 5.83. The lowest BCUT2D eigenvalue weighted by molar-refractivity contribution is 0.553. The molecule has 0 spiro atoms. The quantitative estimate of drug-likeness (QED) is 0.813. The summed E-state index contributed by atoms with van der Waals surface area (Å²) in [6.07, 6.45) is 4.26. The number of aromatic nitrogens is 3. The number of halogens is 1. The van der Waals surface area contributed by atoms with Crippen molar-refractivity contribution in [1.82, 2.24) is 15.0 Å². The van der Waals surface area contributed by atoms with Gasteiger partial charge in [-0.05, 0) is 18.6 Å². The second kappa shape index (κ2) is 5.12. The standard InChI is InChI=1S/C12H14ClN3/c1-2-3-8-16-9-12(14-15-16)10-4-6-11(13)7-5-10/h4-7,9H,2-3,8H2,1H3. The van der Waals surface area contributed by atoms with Gasteiger partial charge in [0.25, 0.3) is 0 Å². The van der Waals surface area contributed by atoms with Crippen LogP contribution in [0, 0.1) is 0 Å². The van der Waals surface area contributed by atoms with Crippen LogP contribution in [0.4, 0.5) is 0 Å². The van der Waals surface area contributed by atoms with Crippen LogP contribution in [-0.2, 0) is 6.54 Å². The molecule has 4 heteroatoms. The molecule has 0 aliphatic heterocycles. The molecule has 0 unspecified atom stereocenters. The van der Waals surface area contributed by atoms with Gasteiger partial charge in [-0.3, -0.25) is 4.68 Å². The van der Waals surface area contributed by atoms with E-state index in [1.54, 1.807) is 0 Å². The molecule has 2 rings (SSSR count). The second-order valence-electron chi connectivity index (χ2n) is 3.73. The first-order valence-corrected chi connectivity index (χ1v) is 5.83. The minimum absolute atomic E-state index is 0.738. The first-order chi connectivity index (χ1) is 7.79. The van der Waals surface area contributed by atoms with Gasteiger partial charge < -0.3 is 0 Å². The lowest BCUT2D eigenvalue weighted by atomic mass is 10.2. The number of unbranched alkanes of at least 4 members (excludes halogenated alkanes) is 1. The van der Waals surface area contributed by atoms with E-state index in [1.807, 2.05) is 35.1 Å². The van der Waals surface area contributed by atoms with Gasteiger partial charge in [-0.15, -0.1) is 5.10 Å². The molecule has 2 aromatic rings. The summed E-state index contributed by atoms with van der Waals surface area (Å²) in [4.78, 5) is 0. The van der Waals surface area contributed by atoms with Crippen molar-refractivity contribution in [2.45, 2.75) is 26.3 Å². The molecule has 0 saturated heterocycles. The maximum Gasteiger partial charge on any atom is 0.113 e. The normalized spacial score (nSPS) is 10.6. The summed E-state index contributed by atoms with van der Waals surface area (Å²) in [5, 5.41) is 8.96. The molecule has 0 bridgehead atoms. The lowest BCUT2D eigenvalue weighted by Gasteiger charge is -1.96. The fourth-order valence-corrected chi connectivity index (χ4v) is 1.61. The largest absolute Gasteiger partial charge is 0.252 e. The van der Waals surface area contributed by atoms with Crippen molar-refractivity contribution >= 4 is 11.6 Å². The number of hydrogen-bond donors (Lipinski definition) is 0. The van der Waals surface area contributed by atoms with E-state index in [0.29, 0.717) is 0 Å². The molecule has 84 valence electrons. The average Bonchev–Trinajstić information content (AvgIpc) is 2.76. The predicted molar refractivity (Wildman–Crippen MR) is 65.4 cm³/mol. The van der Waals surface area contributed by atoms with Crippen molar-refractivity contribution in [2.75, 3.05) is 0 Å². The van der Waals surface area contributed by atoms with Crippen LogP contribution in [0.3, 0.4) is 0 Å². The Hall–Kier alpha value is -1.35. The number of nitrogens with zero attached hydrogens (tertiary/aromatic N) is 3. The van der Waals surface area contributed by atoms with Gasteiger partial charge in [0.1, 0.15) is 5.69 Å². The zero-order valence-corrected chi connectivity index (χ0v) is 9.98. The highest BCUT2D eigenvalue weighted by Crippen LogP contribution is 2.18. The molecule has 0 aliphatic rings. The highest BCUT2D eigenvalue weighted by Gasteiger charge is 2.03. The predicted octanol–water partition coefficient (Wildman–Crippen LogP) is 3.40. The minimum Gasteiger partial charge on any atom is -0.252 e. The summed E-state index contributed by atoms with van der Waals surface area (Å²) in [6, 6.07) is 7.64.